The van der Waals surface area contributed by atoms with E-state index in [1.54, 1.807) is 31.1 Å². The number of rotatable bonds is 9. The van der Waals surface area contributed by atoms with Gasteiger partial charge in [-0.3, -0.25) is 19.3 Å². The Morgan fingerprint density at radius 2 is 1.89 bits per heavy atom. The number of carbonyl (C=O) groups excluding carboxylic acids is 1. The Labute approximate surface area is 215 Å². The van der Waals surface area contributed by atoms with Crippen LogP contribution >= 0.6 is 23.1 Å². The van der Waals surface area contributed by atoms with Gasteiger partial charge in [0.25, 0.3) is 5.91 Å². The van der Waals surface area contributed by atoms with Crippen LogP contribution in [0.4, 0.5) is 0 Å². The van der Waals surface area contributed by atoms with Crippen LogP contribution < -0.4 is 10.1 Å². The van der Waals surface area contributed by atoms with Gasteiger partial charge in [0.05, 0.1) is 30.8 Å². The quantitative estimate of drug-likeness (QED) is 0.288. The Hall–Kier alpha value is -4.09. The molecule has 36 heavy (non-hydrogen) atoms. The SMILES string of the molecule is COc1ccccc1-n1c(SCc2nc(C(=O)NCc3ccccn3)cs2)nnc1-c1ccncc1. The van der Waals surface area contributed by atoms with E-state index in [1.807, 2.05) is 59.2 Å². The number of nitrogens with one attached hydrogen (secondary N) is 1. The predicted octanol–water partition coefficient (Wildman–Crippen LogP) is 4.41. The van der Waals surface area contributed by atoms with Crippen LogP contribution in [0.5, 0.6) is 5.75 Å². The fourth-order valence-electron chi connectivity index (χ4n) is 3.45. The number of pyridine rings is 2. The number of ether oxygens (including phenoxy) is 1. The number of aromatic nitrogens is 6. The van der Waals surface area contributed by atoms with Crippen molar-refractivity contribution in [3.05, 3.63) is 95.0 Å². The molecule has 0 aliphatic carbocycles. The minimum Gasteiger partial charge on any atom is -0.495 e. The molecule has 1 N–H and O–H groups in total. The van der Waals surface area contributed by atoms with Gasteiger partial charge in [-0.15, -0.1) is 21.5 Å². The lowest BCUT2D eigenvalue weighted by Crippen LogP contribution is -2.23. The molecule has 1 aromatic carbocycles. The van der Waals surface area contributed by atoms with Crippen LogP contribution in [0.15, 0.2) is 83.7 Å². The zero-order valence-electron chi connectivity index (χ0n) is 19.2. The number of hydrogen-bond donors (Lipinski definition) is 1. The average Bonchev–Trinajstić information content (AvgIpc) is 3.59. The first kappa shape index (κ1) is 23.6. The van der Waals surface area contributed by atoms with Crippen molar-refractivity contribution in [2.24, 2.45) is 0 Å². The minimum absolute atomic E-state index is 0.231. The second-order valence-electron chi connectivity index (χ2n) is 7.47. The van der Waals surface area contributed by atoms with E-state index >= 15 is 0 Å². The van der Waals surface area contributed by atoms with Crippen LogP contribution in [0.2, 0.25) is 0 Å². The van der Waals surface area contributed by atoms with Crippen molar-refractivity contribution in [2.45, 2.75) is 17.5 Å². The summed E-state index contributed by atoms with van der Waals surface area (Å²) in [5.41, 5.74) is 2.89. The fourth-order valence-corrected chi connectivity index (χ4v) is 5.19. The summed E-state index contributed by atoms with van der Waals surface area (Å²) in [5, 5.41) is 15.0. The molecule has 0 saturated carbocycles. The normalized spacial score (nSPS) is 10.8. The summed E-state index contributed by atoms with van der Waals surface area (Å²) >= 11 is 2.92. The molecule has 0 atom stereocenters. The Balaban J connectivity index is 1.35. The summed E-state index contributed by atoms with van der Waals surface area (Å²) < 4.78 is 7.57. The maximum atomic E-state index is 12.5. The molecule has 0 spiro atoms. The Bertz CT molecular complexity index is 1460. The molecule has 0 saturated heterocycles. The van der Waals surface area contributed by atoms with Crippen LogP contribution in [0, 0.1) is 0 Å². The van der Waals surface area contributed by atoms with Gasteiger partial charge in [-0.1, -0.05) is 30.0 Å². The van der Waals surface area contributed by atoms with Crippen molar-refractivity contribution < 1.29 is 9.53 Å². The summed E-state index contributed by atoms with van der Waals surface area (Å²) in [6.07, 6.45) is 5.14. The van der Waals surface area contributed by atoms with Gasteiger partial charge < -0.3 is 10.1 Å². The van der Waals surface area contributed by atoms with Gasteiger partial charge >= 0.3 is 0 Å². The number of nitrogens with zero attached hydrogens (tertiary/aromatic N) is 6. The molecule has 0 aliphatic rings. The summed E-state index contributed by atoms with van der Waals surface area (Å²) in [6, 6.07) is 17.1. The largest absolute Gasteiger partial charge is 0.495 e. The zero-order valence-corrected chi connectivity index (χ0v) is 20.9. The summed E-state index contributed by atoms with van der Waals surface area (Å²) in [5.74, 6) is 1.68. The molecule has 1 amide bonds. The Kier molecular flexibility index (Phi) is 7.29. The van der Waals surface area contributed by atoms with Crippen molar-refractivity contribution in [1.29, 1.82) is 0 Å². The third-order valence-electron chi connectivity index (χ3n) is 5.16. The number of para-hydroxylation sites is 2. The third kappa shape index (κ3) is 5.26. The molecule has 9 nitrogen and oxygen atoms in total. The van der Waals surface area contributed by atoms with Crippen LogP contribution in [0.25, 0.3) is 17.1 Å². The number of amides is 1. The highest BCUT2D eigenvalue weighted by molar-refractivity contribution is 7.98. The van der Waals surface area contributed by atoms with Gasteiger partial charge in [0.15, 0.2) is 11.0 Å². The van der Waals surface area contributed by atoms with E-state index in [0.29, 0.717) is 34.7 Å². The first-order valence-electron chi connectivity index (χ1n) is 11.0. The number of hydrogen-bond acceptors (Lipinski definition) is 9. The second-order valence-corrected chi connectivity index (χ2v) is 9.35. The lowest BCUT2D eigenvalue weighted by molar-refractivity contribution is 0.0946. The molecular formula is C25H21N7O2S2. The molecule has 0 radical (unpaired) electrons. The van der Waals surface area contributed by atoms with Gasteiger partial charge in [0, 0.05) is 29.5 Å². The van der Waals surface area contributed by atoms with Crippen molar-refractivity contribution in [1.82, 2.24) is 35.0 Å². The lowest BCUT2D eigenvalue weighted by Gasteiger charge is -2.13. The molecule has 5 aromatic rings. The number of carbonyl (C=O) groups is 1. The molecule has 0 aliphatic heterocycles. The Morgan fingerprint density at radius 1 is 1.06 bits per heavy atom. The van der Waals surface area contributed by atoms with Gasteiger partial charge in [-0.05, 0) is 36.4 Å². The highest BCUT2D eigenvalue weighted by Crippen LogP contribution is 2.33. The zero-order chi connectivity index (χ0) is 24.7. The summed E-state index contributed by atoms with van der Waals surface area (Å²) in [6.45, 7) is 0.348. The van der Waals surface area contributed by atoms with E-state index in [0.717, 1.165) is 22.0 Å². The molecular weight excluding hydrogens is 494 g/mol. The first-order chi connectivity index (χ1) is 17.7. The fraction of sp³-hybridized carbons (Fsp3) is 0.120. The highest BCUT2D eigenvalue weighted by atomic mass is 32.2. The maximum Gasteiger partial charge on any atom is 0.271 e. The molecule has 0 fully saturated rings. The lowest BCUT2D eigenvalue weighted by atomic mass is 10.2. The summed E-state index contributed by atoms with van der Waals surface area (Å²) in [4.78, 5) is 25.4. The van der Waals surface area contributed by atoms with Crippen molar-refractivity contribution in [3.63, 3.8) is 0 Å². The van der Waals surface area contributed by atoms with Crippen LogP contribution in [-0.2, 0) is 12.3 Å². The van der Waals surface area contributed by atoms with Gasteiger partial charge in [0.2, 0.25) is 0 Å². The Morgan fingerprint density at radius 3 is 2.69 bits per heavy atom. The number of thioether (sulfide) groups is 1. The molecule has 180 valence electrons. The van der Waals surface area contributed by atoms with Crippen LogP contribution in [0.1, 0.15) is 21.2 Å². The second kappa shape index (κ2) is 11.1. The third-order valence-corrected chi connectivity index (χ3v) is 7.14. The molecule has 4 aromatic heterocycles. The van der Waals surface area contributed by atoms with Gasteiger partial charge in [-0.25, -0.2) is 4.98 Å². The molecule has 0 bridgehead atoms. The van der Waals surface area contributed by atoms with Gasteiger partial charge in [0.1, 0.15) is 16.5 Å². The molecule has 11 heteroatoms. The van der Waals surface area contributed by atoms with Crippen LogP contribution in [0.3, 0.4) is 0 Å². The molecule has 4 heterocycles. The highest BCUT2D eigenvalue weighted by Gasteiger charge is 2.20. The van der Waals surface area contributed by atoms with E-state index in [4.69, 9.17) is 4.74 Å². The predicted molar refractivity (Wildman–Crippen MR) is 138 cm³/mol. The number of benzene rings is 1. The van der Waals surface area contributed by atoms with Crippen LogP contribution in [-0.4, -0.2) is 42.7 Å². The monoisotopic (exact) mass is 515 g/mol. The van der Waals surface area contributed by atoms with E-state index in [2.05, 4.69) is 30.5 Å². The number of thiazole rings is 1. The van der Waals surface area contributed by atoms with Crippen molar-refractivity contribution in [3.8, 4) is 22.8 Å². The molecule has 5 rings (SSSR count). The first-order valence-corrected chi connectivity index (χ1v) is 12.8. The van der Waals surface area contributed by atoms with E-state index < -0.39 is 0 Å². The van der Waals surface area contributed by atoms with E-state index in [-0.39, 0.29) is 5.91 Å². The minimum atomic E-state index is -0.231. The maximum absolute atomic E-state index is 12.5. The van der Waals surface area contributed by atoms with E-state index in [9.17, 15) is 4.79 Å². The standard InChI is InChI=1S/C25H21N7O2S2/c1-34-21-8-3-2-7-20(21)32-23(17-9-12-26-13-10-17)30-31-25(32)36-16-22-29-19(15-35-22)24(33)28-14-18-6-4-5-11-27-18/h2-13,15H,14,16H2,1H3,(H,28,33). The van der Waals surface area contributed by atoms with Crippen molar-refractivity contribution >= 4 is 29.0 Å². The van der Waals surface area contributed by atoms with Crippen molar-refractivity contribution in [2.75, 3.05) is 7.11 Å². The number of methoxy groups -OCH3 is 1. The summed E-state index contributed by atoms with van der Waals surface area (Å²) in [7, 11) is 1.64. The van der Waals surface area contributed by atoms with E-state index in [1.165, 1.54) is 23.1 Å². The average molecular weight is 516 g/mol. The topological polar surface area (TPSA) is 108 Å². The van der Waals surface area contributed by atoms with Gasteiger partial charge in [-0.2, -0.15) is 0 Å². The smallest absolute Gasteiger partial charge is 0.271 e. The molecule has 0 unspecified atom stereocenters.